The van der Waals surface area contributed by atoms with Crippen molar-refractivity contribution in [1.82, 2.24) is 4.90 Å². The molecule has 2 rings (SSSR count). The van der Waals surface area contributed by atoms with Gasteiger partial charge in [0.25, 0.3) is 0 Å². The highest BCUT2D eigenvalue weighted by atomic mass is 16.3. The molecule has 0 bridgehead atoms. The van der Waals surface area contributed by atoms with Crippen LogP contribution < -0.4 is 0 Å². The summed E-state index contributed by atoms with van der Waals surface area (Å²) in [7, 11) is 0. The van der Waals surface area contributed by atoms with Crippen LogP contribution in [0, 0.1) is 5.41 Å². The quantitative estimate of drug-likeness (QED) is 0.746. The van der Waals surface area contributed by atoms with Gasteiger partial charge in [0, 0.05) is 18.0 Å². The monoisotopic (exact) mass is 237 g/mol. The highest BCUT2D eigenvalue weighted by Crippen LogP contribution is 2.50. The molecular formula is C15H27NO. The number of β-amino-alcohol motifs (C(OH)–C–C–N with tert-alkyl or cyclic N) is 1. The van der Waals surface area contributed by atoms with E-state index >= 15 is 0 Å². The average Bonchev–Trinajstić information content (AvgIpc) is 2.61. The SMILES string of the molecule is CCC1=C(C)C2(CC1)CCN(C(C)C)CC2O. The van der Waals surface area contributed by atoms with Gasteiger partial charge in [0.15, 0.2) is 0 Å². The summed E-state index contributed by atoms with van der Waals surface area (Å²) in [6.07, 6.45) is 4.52. The van der Waals surface area contributed by atoms with Crippen molar-refractivity contribution in [3.8, 4) is 0 Å². The van der Waals surface area contributed by atoms with Crippen LogP contribution >= 0.6 is 0 Å². The summed E-state index contributed by atoms with van der Waals surface area (Å²) >= 11 is 0. The molecule has 2 aliphatic rings. The molecule has 0 aromatic rings. The third-order valence-electron chi connectivity index (χ3n) is 5.20. The summed E-state index contributed by atoms with van der Waals surface area (Å²) in [6.45, 7) is 10.9. The summed E-state index contributed by atoms with van der Waals surface area (Å²) in [4.78, 5) is 2.41. The molecule has 0 amide bonds. The second kappa shape index (κ2) is 4.74. The van der Waals surface area contributed by atoms with E-state index in [0.29, 0.717) is 6.04 Å². The summed E-state index contributed by atoms with van der Waals surface area (Å²) in [5, 5.41) is 10.6. The Hall–Kier alpha value is -0.340. The molecule has 1 N–H and O–H groups in total. The Morgan fingerprint density at radius 3 is 2.59 bits per heavy atom. The first-order valence-corrected chi connectivity index (χ1v) is 7.12. The van der Waals surface area contributed by atoms with Crippen LogP contribution in [0.15, 0.2) is 11.1 Å². The maximum absolute atomic E-state index is 10.6. The minimum Gasteiger partial charge on any atom is -0.391 e. The van der Waals surface area contributed by atoms with Gasteiger partial charge in [-0.25, -0.2) is 0 Å². The molecule has 1 aliphatic carbocycles. The van der Waals surface area contributed by atoms with Crippen molar-refractivity contribution in [2.45, 2.75) is 65.5 Å². The Morgan fingerprint density at radius 1 is 1.41 bits per heavy atom. The molecule has 2 nitrogen and oxygen atoms in total. The average molecular weight is 237 g/mol. The molecule has 1 spiro atoms. The van der Waals surface area contributed by atoms with Gasteiger partial charge in [-0.2, -0.15) is 0 Å². The number of likely N-dealkylation sites (tertiary alicyclic amines) is 1. The summed E-state index contributed by atoms with van der Waals surface area (Å²) in [5.41, 5.74) is 3.23. The van der Waals surface area contributed by atoms with Gasteiger partial charge in [-0.15, -0.1) is 0 Å². The molecule has 2 unspecified atom stereocenters. The van der Waals surface area contributed by atoms with Crippen molar-refractivity contribution >= 4 is 0 Å². The number of nitrogens with zero attached hydrogens (tertiary/aromatic N) is 1. The van der Waals surface area contributed by atoms with Gasteiger partial charge >= 0.3 is 0 Å². The van der Waals surface area contributed by atoms with Crippen LogP contribution in [0.4, 0.5) is 0 Å². The maximum Gasteiger partial charge on any atom is 0.0760 e. The Balaban J connectivity index is 2.17. The van der Waals surface area contributed by atoms with E-state index in [2.05, 4.69) is 32.6 Å². The fourth-order valence-electron chi connectivity index (χ4n) is 3.74. The number of allylic oxidation sites excluding steroid dienone is 1. The molecule has 1 fully saturated rings. The van der Waals surface area contributed by atoms with Crippen LogP contribution in [0.25, 0.3) is 0 Å². The molecule has 98 valence electrons. The van der Waals surface area contributed by atoms with Gasteiger partial charge < -0.3 is 5.11 Å². The molecule has 2 atom stereocenters. The number of piperidine rings is 1. The zero-order valence-corrected chi connectivity index (χ0v) is 11.8. The summed E-state index contributed by atoms with van der Waals surface area (Å²) < 4.78 is 0. The minimum absolute atomic E-state index is 0.122. The zero-order chi connectivity index (χ0) is 12.6. The number of hydrogen-bond donors (Lipinski definition) is 1. The lowest BCUT2D eigenvalue weighted by Gasteiger charge is -2.46. The maximum atomic E-state index is 10.6. The van der Waals surface area contributed by atoms with Gasteiger partial charge in [-0.1, -0.05) is 18.1 Å². The van der Waals surface area contributed by atoms with Crippen LogP contribution in [-0.2, 0) is 0 Å². The first kappa shape index (κ1) is 13.1. The first-order chi connectivity index (χ1) is 8.01. The molecule has 0 aromatic heterocycles. The zero-order valence-electron chi connectivity index (χ0n) is 11.8. The minimum atomic E-state index is -0.164. The van der Waals surface area contributed by atoms with Gasteiger partial charge in [0.05, 0.1) is 6.10 Å². The molecule has 0 aromatic carbocycles. The van der Waals surface area contributed by atoms with Gasteiger partial charge in [0.2, 0.25) is 0 Å². The Kier molecular flexibility index (Phi) is 3.65. The van der Waals surface area contributed by atoms with E-state index in [4.69, 9.17) is 0 Å². The molecule has 17 heavy (non-hydrogen) atoms. The van der Waals surface area contributed by atoms with Gasteiger partial charge in [-0.3, -0.25) is 4.90 Å². The molecule has 1 saturated heterocycles. The molecule has 1 aliphatic heterocycles. The fourth-order valence-corrected chi connectivity index (χ4v) is 3.74. The predicted octanol–water partition coefficient (Wildman–Crippen LogP) is 2.97. The van der Waals surface area contributed by atoms with Crippen LogP contribution in [0.3, 0.4) is 0 Å². The third-order valence-corrected chi connectivity index (χ3v) is 5.20. The molecule has 2 heteroatoms. The van der Waals surface area contributed by atoms with Crippen molar-refractivity contribution in [2.24, 2.45) is 5.41 Å². The normalized spacial score (nSPS) is 35.3. The van der Waals surface area contributed by atoms with Gasteiger partial charge in [-0.05, 0) is 53.0 Å². The van der Waals surface area contributed by atoms with E-state index in [0.717, 1.165) is 25.9 Å². The molecular weight excluding hydrogens is 210 g/mol. The fraction of sp³-hybridized carbons (Fsp3) is 0.867. The van der Waals surface area contributed by atoms with Crippen molar-refractivity contribution in [3.05, 3.63) is 11.1 Å². The molecule has 0 radical (unpaired) electrons. The number of hydrogen-bond acceptors (Lipinski definition) is 2. The van der Waals surface area contributed by atoms with Crippen molar-refractivity contribution < 1.29 is 5.11 Å². The lowest BCUT2D eigenvalue weighted by molar-refractivity contribution is -0.0338. The van der Waals surface area contributed by atoms with E-state index in [1.807, 2.05) is 0 Å². The number of aliphatic hydroxyl groups is 1. The lowest BCUT2D eigenvalue weighted by atomic mass is 9.71. The van der Waals surface area contributed by atoms with Crippen LogP contribution in [0.2, 0.25) is 0 Å². The van der Waals surface area contributed by atoms with E-state index in [9.17, 15) is 5.11 Å². The second-order valence-electron chi connectivity index (χ2n) is 6.09. The van der Waals surface area contributed by atoms with Crippen molar-refractivity contribution in [3.63, 3.8) is 0 Å². The van der Waals surface area contributed by atoms with E-state index in [-0.39, 0.29) is 11.5 Å². The highest BCUT2D eigenvalue weighted by molar-refractivity contribution is 5.29. The number of aliphatic hydroxyl groups excluding tert-OH is 1. The predicted molar refractivity (Wildman–Crippen MR) is 72.0 cm³/mol. The van der Waals surface area contributed by atoms with Crippen molar-refractivity contribution in [1.29, 1.82) is 0 Å². The van der Waals surface area contributed by atoms with Crippen LogP contribution in [0.1, 0.15) is 53.4 Å². The largest absolute Gasteiger partial charge is 0.391 e. The third kappa shape index (κ3) is 2.06. The summed E-state index contributed by atoms with van der Waals surface area (Å²) in [5.74, 6) is 0. The Bertz CT molecular complexity index is 321. The Morgan fingerprint density at radius 2 is 2.12 bits per heavy atom. The van der Waals surface area contributed by atoms with Gasteiger partial charge in [0.1, 0.15) is 0 Å². The molecule has 1 heterocycles. The first-order valence-electron chi connectivity index (χ1n) is 7.12. The van der Waals surface area contributed by atoms with E-state index in [1.54, 1.807) is 5.57 Å². The lowest BCUT2D eigenvalue weighted by Crippen LogP contribution is -2.52. The molecule has 0 saturated carbocycles. The van der Waals surface area contributed by atoms with Crippen LogP contribution in [0.5, 0.6) is 0 Å². The highest BCUT2D eigenvalue weighted by Gasteiger charge is 2.46. The standard InChI is InChI=1S/C15H27NO/c1-5-13-6-7-15(12(13)4)8-9-16(11(2)3)10-14(15)17/h11,14,17H,5-10H2,1-4H3. The van der Waals surface area contributed by atoms with Crippen molar-refractivity contribution in [2.75, 3.05) is 13.1 Å². The van der Waals surface area contributed by atoms with E-state index < -0.39 is 0 Å². The van der Waals surface area contributed by atoms with Crippen LogP contribution in [-0.4, -0.2) is 35.2 Å². The number of rotatable bonds is 2. The summed E-state index contributed by atoms with van der Waals surface area (Å²) in [6, 6.07) is 0.554. The smallest absolute Gasteiger partial charge is 0.0760 e. The van der Waals surface area contributed by atoms with E-state index in [1.165, 1.54) is 18.4 Å². The Labute approximate surface area is 106 Å². The topological polar surface area (TPSA) is 23.5 Å². The second-order valence-corrected chi connectivity index (χ2v) is 6.09.